The molecule has 10 atom stereocenters. The molecule has 0 spiro atoms. The summed E-state index contributed by atoms with van der Waals surface area (Å²) < 4.78 is 15.3. The molecule has 0 aromatic heterocycles. The van der Waals surface area contributed by atoms with Crippen LogP contribution in [-0.4, -0.2) is 127 Å². The fourth-order valence-electron chi connectivity index (χ4n) is 2.93. The van der Waals surface area contributed by atoms with E-state index >= 15 is 0 Å². The minimum atomic E-state index is -1.74. The van der Waals surface area contributed by atoms with Crippen LogP contribution in [0.25, 0.3) is 0 Å². The highest BCUT2D eigenvalue weighted by Gasteiger charge is 2.50. The zero-order valence-corrected chi connectivity index (χ0v) is 15.5. The monoisotopic (exact) mass is 439 g/mol. The maximum Gasteiger partial charge on any atom is 0.250 e. The molecule has 0 aromatic rings. The van der Waals surface area contributed by atoms with Gasteiger partial charge in [-0.15, -0.1) is 0 Å². The van der Waals surface area contributed by atoms with Crippen LogP contribution >= 0.6 is 0 Å². The Balaban J connectivity index is 0.000000386. The molecular weight excluding hydrogens is 414 g/mol. The van der Waals surface area contributed by atoms with Gasteiger partial charge in [0.15, 0.2) is 12.6 Å². The lowest BCUT2D eigenvalue weighted by molar-refractivity contribution is -0.355. The van der Waals surface area contributed by atoms with Gasteiger partial charge in [-0.25, -0.2) is 0 Å². The zero-order valence-electron chi connectivity index (χ0n) is 15.5. The number of nitrogens with one attached hydrogen (secondary N) is 1. The van der Waals surface area contributed by atoms with Crippen LogP contribution in [0.5, 0.6) is 0 Å². The van der Waals surface area contributed by atoms with E-state index in [1.807, 2.05) is 5.32 Å². The van der Waals surface area contributed by atoms with E-state index in [1.165, 1.54) is 12.2 Å². The second-order valence-corrected chi connectivity index (χ2v) is 6.71. The van der Waals surface area contributed by atoms with Crippen LogP contribution in [-0.2, 0) is 23.8 Å². The first-order valence-electron chi connectivity index (χ1n) is 8.90. The molecule has 3 rings (SSSR count). The van der Waals surface area contributed by atoms with Crippen molar-refractivity contribution < 1.29 is 64.7 Å². The van der Waals surface area contributed by atoms with Crippen molar-refractivity contribution in [2.24, 2.45) is 0 Å². The van der Waals surface area contributed by atoms with Gasteiger partial charge in [-0.3, -0.25) is 14.9 Å². The van der Waals surface area contributed by atoms with Crippen molar-refractivity contribution in [3.05, 3.63) is 12.2 Å². The van der Waals surface area contributed by atoms with E-state index in [4.69, 9.17) is 19.3 Å². The zero-order chi connectivity index (χ0) is 22.6. The summed E-state index contributed by atoms with van der Waals surface area (Å²) in [5.41, 5.74) is 0. The maximum atomic E-state index is 10.0. The van der Waals surface area contributed by atoms with E-state index in [9.17, 15) is 45.3 Å². The second kappa shape index (κ2) is 10.7. The van der Waals surface area contributed by atoms with Gasteiger partial charge in [0.1, 0.15) is 48.8 Å². The summed E-state index contributed by atoms with van der Waals surface area (Å²) in [6.07, 6.45) is -13.2. The summed E-state index contributed by atoms with van der Waals surface area (Å²) in [6.45, 7) is -1.35. The van der Waals surface area contributed by atoms with Gasteiger partial charge < -0.3 is 55.1 Å². The van der Waals surface area contributed by atoms with Crippen molar-refractivity contribution in [1.29, 1.82) is 0 Å². The first-order valence-corrected chi connectivity index (χ1v) is 8.90. The number of ether oxygens (including phenoxy) is 3. The van der Waals surface area contributed by atoms with Crippen LogP contribution in [0.2, 0.25) is 0 Å². The van der Waals surface area contributed by atoms with Crippen LogP contribution < -0.4 is 5.32 Å². The normalized spacial score (nSPS) is 43.7. The fourth-order valence-corrected chi connectivity index (χ4v) is 2.93. The van der Waals surface area contributed by atoms with Crippen LogP contribution in [0.4, 0.5) is 0 Å². The second-order valence-electron chi connectivity index (χ2n) is 6.71. The van der Waals surface area contributed by atoms with Crippen molar-refractivity contribution in [3.8, 4) is 0 Å². The lowest BCUT2D eigenvalue weighted by Gasteiger charge is -2.45. The molecule has 3 aliphatic heterocycles. The van der Waals surface area contributed by atoms with E-state index in [2.05, 4.69) is 0 Å². The first kappa shape index (κ1) is 24.7. The molecule has 14 heteroatoms. The lowest BCUT2D eigenvalue weighted by Crippen LogP contribution is -2.64. The third-order valence-corrected chi connectivity index (χ3v) is 4.61. The molecule has 0 unspecified atom stereocenters. The highest BCUT2D eigenvalue weighted by Crippen LogP contribution is 2.28. The van der Waals surface area contributed by atoms with Gasteiger partial charge in [-0.2, -0.15) is 0 Å². The number of carbonyl (C=O) groups excluding carboxylic acids is 2. The number of hydrogen-bond donors (Lipinski definition) is 9. The Morgan fingerprint density at radius 2 is 1.33 bits per heavy atom. The predicted octanol–water partition coefficient (Wildman–Crippen LogP) is -6.20. The number of rotatable bonds is 4. The molecule has 14 nitrogen and oxygen atoms in total. The van der Waals surface area contributed by atoms with Crippen molar-refractivity contribution in [2.75, 3.05) is 13.2 Å². The maximum absolute atomic E-state index is 10.0. The van der Waals surface area contributed by atoms with Gasteiger partial charge in [-0.05, 0) is 0 Å². The Kier molecular flexibility index (Phi) is 8.77. The number of aliphatic hydroxyl groups excluding tert-OH is 8. The molecule has 0 bridgehead atoms. The van der Waals surface area contributed by atoms with Crippen LogP contribution in [0.1, 0.15) is 0 Å². The molecule has 3 heterocycles. The topological polar surface area (TPSA) is 236 Å². The smallest absolute Gasteiger partial charge is 0.250 e. The van der Waals surface area contributed by atoms with Gasteiger partial charge in [0.2, 0.25) is 0 Å². The van der Waals surface area contributed by atoms with Crippen LogP contribution in [0.3, 0.4) is 0 Å². The Bertz CT molecular complexity index is 610. The molecule has 9 N–H and O–H groups in total. The molecule has 0 aliphatic carbocycles. The van der Waals surface area contributed by atoms with Crippen molar-refractivity contribution >= 4 is 11.8 Å². The molecule has 3 aliphatic rings. The third-order valence-electron chi connectivity index (χ3n) is 4.61. The van der Waals surface area contributed by atoms with E-state index in [0.29, 0.717) is 0 Å². The van der Waals surface area contributed by atoms with E-state index < -0.39 is 74.6 Å². The molecule has 2 saturated heterocycles. The van der Waals surface area contributed by atoms with Crippen LogP contribution in [0, 0.1) is 0 Å². The lowest BCUT2D eigenvalue weighted by atomic mass is 9.97. The molecule has 30 heavy (non-hydrogen) atoms. The van der Waals surface area contributed by atoms with Gasteiger partial charge in [0.25, 0.3) is 11.8 Å². The van der Waals surface area contributed by atoms with Crippen molar-refractivity contribution in [2.45, 2.75) is 61.4 Å². The highest BCUT2D eigenvalue weighted by molar-refractivity contribution is 6.12. The summed E-state index contributed by atoms with van der Waals surface area (Å²) in [4.78, 5) is 20.1. The summed E-state index contributed by atoms with van der Waals surface area (Å²) >= 11 is 0. The van der Waals surface area contributed by atoms with E-state index in [0.717, 1.165) is 0 Å². The fraction of sp³-hybridized carbons (Fsp3) is 0.750. The summed E-state index contributed by atoms with van der Waals surface area (Å²) in [5.74, 6) is -0.657. The molecular formula is C16H25NO13. The number of hydrogen-bond acceptors (Lipinski definition) is 13. The number of imide groups is 1. The Hall–Kier alpha value is -1.56. The largest absolute Gasteiger partial charge is 0.394 e. The minimum absolute atomic E-state index is 0.329. The molecule has 0 radical (unpaired) electrons. The summed E-state index contributed by atoms with van der Waals surface area (Å²) in [7, 11) is 0. The van der Waals surface area contributed by atoms with Gasteiger partial charge in [0.05, 0.1) is 13.2 Å². The molecule has 0 saturated carbocycles. The number of amides is 2. The number of aliphatic hydroxyl groups is 8. The van der Waals surface area contributed by atoms with E-state index in [1.54, 1.807) is 0 Å². The molecule has 0 aromatic carbocycles. The van der Waals surface area contributed by atoms with Gasteiger partial charge >= 0.3 is 0 Å². The average Bonchev–Trinajstić information content (AvgIpc) is 3.11. The average molecular weight is 439 g/mol. The van der Waals surface area contributed by atoms with Crippen LogP contribution in [0.15, 0.2) is 12.2 Å². The SMILES string of the molecule is O=C1C=CC(=O)N1.OC[C@H]1O[C@@H](O[C@H]2[C@H](O)[C@@H](O)[C@H](O)O[C@@H]2CO)[C@H](O)[C@@H](O)[C@H]1O. The van der Waals surface area contributed by atoms with Gasteiger partial charge in [0, 0.05) is 12.2 Å². The highest BCUT2D eigenvalue weighted by atomic mass is 16.7. The summed E-state index contributed by atoms with van der Waals surface area (Å²) in [5, 5.41) is 78.5. The number of carbonyl (C=O) groups is 2. The molecule has 2 fully saturated rings. The molecule has 172 valence electrons. The first-order chi connectivity index (χ1) is 14.1. The minimum Gasteiger partial charge on any atom is -0.394 e. The third kappa shape index (κ3) is 5.57. The Labute approximate surface area is 169 Å². The Morgan fingerprint density at radius 3 is 1.80 bits per heavy atom. The van der Waals surface area contributed by atoms with Crippen molar-refractivity contribution in [1.82, 2.24) is 5.32 Å². The van der Waals surface area contributed by atoms with Crippen molar-refractivity contribution in [3.63, 3.8) is 0 Å². The summed E-state index contributed by atoms with van der Waals surface area (Å²) in [6, 6.07) is 0. The molecule has 2 amide bonds. The van der Waals surface area contributed by atoms with E-state index in [-0.39, 0.29) is 11.8 Å². The predicted molar refractivity (Wildman–Crippen MR) is 90.9 cm³/mol. The quantitative estimate of drug-likeness (QED) is 0.186. The van der Waals surface area contributed by atoms with Gasteiger partial charge in [-0.1, -0.05) is 0 Å². The standard InChI is InChI=1S/C12H22O11.C4H3NO2/c13-1-3-5(15)6(16)9(19)12(22-3)23-10-4(2-14)21-11(20)8(18)7(10)17;6-3-1-2-4(7)5-3/h3-20H,1-2H2;1-2H,(H,5,6,7)/t3-,4-,5+,6+,7-,8-,9-,10-,11-,12+;/m1./s1. The Morgan fingerprint density at radius 1 is 0.767 bits per heavy atom.